The van der Waals surface area contributed by atoms with Crippen molar-refractivity contribution in [1.29, 1.82) is 0 Å². The summed E-state index contributed by atoms with van der Waals surface area (Å²) in [6.45, 7) is 0.113. The van der Waals surface area contributed by atoms with Crippen LogP contribution in [-0.4, -0.2) is 30.6 Å². The maximum atomic E-state index is 11.3. The summed E-state index contributed by atoms with van der Waals surface area (Å²) in [6, 6.07) is 9.22. The number of nitrogens with zero attached hydrogens (tertiary/aromatic N) is 1. The lowest BCUT2D eigenvalue weighted by Crippen LogP contribution is -2.13. The Kier molecular flexibility index (Phi) is 4.34. The van der Waals surface area contributed by atoms with Crippen LogP contribution in [0.4, 0.5) is 0 Å². The van der Waals surface area contributed by atoms with E-state index in [2.05, 4.69) is 4.74 Å². The molecule has 0 aromatic heterocycles. The quantitative estimate of drug-likeness (QED) is 0.245. The molecule has 15 heavy (non-hydrogen) atoms. The van der Waals surface area contributed by atoms with Gasteiger partial charge in [-0.25, -0.2) is 4.74 Å². The number of hydrogen-bond donors (Lipinski definition) is 0. The zero-order chi connectivity index (χ0) is 11.1. The van der Waals surface area contributed by atoms with Gasteiger partial charge < -0.3 is 9.94 Å². The van der Waals surface area contributed by atoms with Crippen LogP contribution in [0.15, 0.2) is 30.3 Å². The summed E-state index contributed by atoms with van der Waals surface area (Å²) in [6.07, 6.45) is 1.55. The number of carbonyl (C=O) groups excluding carboxylic acids is 1. The van der Waals surface area contributed by atoms with Crippen molar-refractivity contribution in [2.75, 3.05) is 13.7 Å². The molecule has 0 saturated carbocycles. The Balaban J connectivity index is 2.50. The lowest BCUT2D eigenvalue weighted by atomic mass is 10.2. The van der Waals surface area contributed by atoms with E-state index in [-0.39, 0.29) is 18.9 Å². The first-order valence-electron chi connectivity index (χ1n) is 4.63. The van der Waals surface area contributed by atoms with Crippen molar-refractivity contribution in [2.24, 2.45) is 0 Å². The second kappa shape index (κ2) is 5.80. The highest BCUT2D eigenvalue weighted by molar-refractivity contribution is 5.75. The molecule has 0 aliphatic heterocycles. The Morgan fingerprint density at radius 3 is 2.73 bits per heavy atom. The Morgan fingerprint density at radius 2 is 2.13 bits per heavy atom. The number of benzene rings is 1. The van der Waals surface area contributed by atoms with Crippen molar-refractivity contribution >= 4 is 12.2 Å². The second-order valence-corrected chi connectivity index (χ2v) is 3.01. The predicted octanol–water partition coefficient (Wildman–Crippen LogP) is 1.18. The predicted molar refractivity (Wildman–Crippen MR) is 56.7 cm³/mol. The van der Waals surface area contributed by atoms with Crippen molar-refractivity contribution in [1.82, 2.24) is 0 Å². The van der Waals surface area contributed by atoms with Crippen LogP contribution >= 0.6 is 0 Å². The van der Waals surface area contributed by atoms with E-state index < -0.39 is 0 Å². The third kappa shape index (κ3) is 4.26. The van der Waals surface area contributed by atoms with Crippen molar-refractivity contribution in [2.45, 2.75) is 6.42 Å². The minimum Gasteiger partial charge on any atom is -0.624 e. The smallest absolute Gasteiger partial charge is 0.311 e. The Bertz CT molecular complexity index is 346. The van der Waals surface area contributed by atoms with Crippen LogP contribution in [0.2, 0.25) is 0 Å². The van der Waals surface area contributed by atoms with Gasteiger partial charge in [0.15, 0.2) is 12.8 Å². The molecular formula is C11H13NO3. The van der Waals surface area contributed by atoms with Gasteiger partial charge in [-0.3, -0.25) is 4.79 Å². The zero-order valence-electron chi connectivity index (χ0n) is 8.55. The molecule has 1 aromatic carbocycles. The van der Waals surface area contributed by atoms with Gasteiger partial charge in [0.2, 0.25) is 0 Å². The summed E-state index contributed by atoms with van der Waals surface area (Å²) in [5.74, 6) is -0.377. The maximum absolute atomic E-state index is 11.3. The standard InChI is InChI=1S/C11H13NO3/c1-15-11(13)7-8-12(14)9-10-5-3-2-4-6-10/h2-6,9H,7-8H2,1H3/b12-9-. The number of esters is 1. The van der Waals surface area contributed by atoms with Gasteiger partial charge in [-0.05, 0) is 12.1 Å². The van der Waals surface area contributed by atoms with E-state index in [1.54, 1.807) is 0 Å². The third-order valence-electron chi connectivity index (χ3n) is 1.86. The van der Waals surface area contributed by atoms with E-state index in [0.29, 0.717) is 0 Å². The highest BCUT2D eigenvalue weighted by Crippen LogP contribution is 1.94. The summed E-state index contributed by atoms with van der Waals surface area (Å²) in [5.41, 5.74) is 0.817. The first kappa shape index (κ1) is 11.2. The molecular weight excluding hydrogens is 194 g/mol. The molecule has 0 aliphatic carbocycles. The molecule has 0 N–H and O–H groups in total. The number of ether oxygens (including phenoxy) is 1. The molecule has 0 bridgehead atoms. The second-order valence-electron chi connectivity index (χ2n) is 3.01. The van der Waals surface area contributed by atoms with Crippen LogP contribution < -0.4 is 0 Å². The fraction of sp³-hybridized carbons (Fsp3) is 0.273. The summed E-state index contributed by atoms with van der Waals surface area (Å²) in [4.78, 5) is 10.8. The first-order valence-corrected chi connectivity index (χ1v) is 4.63. The molecule has 4 heteroatoms. The molecule has 1 rings (SSSR count). The van der Waals surface area contributed by atoms with Crippen LogP contribution in [0, 0.1) is 5.21 Å². The first-order chi connectivity index (χ1) is 7.22. The van der Waals surface area contributed by atoms with Crippen molar-refractivity contribution < 1.29 is 14.3 Å². The topological polar surface area (TPSA) is 52.4 Å². The van der Waals surface area contributed by atoms with E-state index >= 15 is 0 Å². The number of carbonyl (C=O) groups is 1. The fourth-order valence-corrected chi connectivity index (χ4v) is 1.07. The number of methoxy groups -OCH3 is 1. The van der Waals surface area contributed by atoms with Gasteiger partial charge in [-0.1, -0.05) is 18.2 Å². The van der Waals surface area contributed by atoms with E-state index in [9.17, 15) is 10.0 Å². The van der Waals surface area contributed by atoms with Crippen LogP contribution in [0.3, 0.4) is 0 Å². The lowest BCUT2D eigenvalue weighted by molar-refractivity contribution is -0.451. The van der Waals surface area contributed by atoms with Crippen LogP contribution in [-0.2, 0) is 9.53 Å². The van der Waals surface area contributed by atoms with Gasteiger partial charge in [0, 0.05) is 5.56 Å². The Morgan fingerprint density at radius 1 is 1.47 bits per heavy atom. The van der Waals surface area contributed by atoms with Crippen LogP contribution in [0.1, 0.15) is 12.0 Å². The van der Waals surface area contributed by atoms with Gasteiger partial charge in [-0.15, -0.1) is 0 Å². The molecule has 80 valence electrons. The molecule has 0 radical (unpaired) electrons. The summed E-state index contributed by atoms with van der Waals surface area (Å²) < 4.78 is 5.16. The van der Waals surface area contributed by atoms with Gasteiger partial charge in [0.1, 0.15) is 6.42 Å². The van der Waals surface area contributed by atoms with Crippen LogP contribution in [0.5, 0.6) is 0 Å². The van der Waals surface area contributed by atoms with Crippen LogP contribution in [0.25, 0.3) is 0 Å². The zero-order valence-corrected chi connectivity index (χ0v) is 8.55. The molecule has 0 unspecified atom stereocenters. The molecule has 0 spiro atoms. The van der Waals surface area contributed by atoms with Gasteiger partial charge >= 0.3 is 5.97 Å². The summed E-state index contributed by atoms with van der Waals surface area (Å²) in [5, 5.41) is 11.3. The van der Waals surface area contributed by atoms with E-state index in [1.807, 2.05) is 30.3 Å². The fourth-order valence-electron chi connectivity index (χ4n) is 1.07. The van der Waals surface area contributed by atoms with Crippen molar-refractivity contribution in [3.63, 3.8) is 0 Å². The summed E-state index contributed by atoms with van der Waals surface area (Å²) in [7, 11) is 1.30. The molecule has 1 aromatic rings. The summed E-state index contributed by atoms with van der Waals surface area (Å²) >= 11 is 0. The molecule has 0 aliphatic rings. The minimum atomic E-state index is -0.377. The number of rotatable bonds is 4. The van der Waals surface area contributed by atoms with Crippen molar-refractivity contribution in [3.8, 4) is 0 Å². The van der Waals surface area contributed by atoms with Gasteiger partial charge in [-0.2, -0.15) is 0 Å². The monoisotopic (exact) mass is 207 g/mol. The van der Waals surface area contributed by atoms with E-state index in [0.717, 1.165) is 10.3 Å². The molecule has 0 heterocycles. The largest absolute Gasteiger partial charge is 0.624 e. The lowest BCUT2D eigenvalue weighted by Gasteiger charge is -2.02. The van der Waals surface area contributed by atoms with Gasteiger partial charge in [0.05, 0.1) is 7.11 Å². The molecule has 0 atom stereocenters. The van der Waals surface area contributed by atoms with Crippen molar-refractivity contribution in [3.05, 3.63) is 41.1 Å². The molecule has 0 fully saturated rings. The van der Waals surface area contributed by atoms with E-state index in [4.69, 9.17) is 0 Å². The third-order valence-corrected chi connectivity index (χ3v) is 1.86. The molecule has 0 amide bonds. The average Bonchev–Trinajstić information content (AvgIpc) is 2.27. The minimum absolute atomic E-state index is 0.101. The normalized spacial score (nSPS) is 11.1. The Labute approximate surface area is 88.4 Å². The molecule has 4 nitrogen and oxygen atoms in total. The average molecular weight is 207 g/mol. The highest BCUT2D eigenvalue weighted by atomic mass is 16.5. The SMILES string of the molecule is COC(=O)CC/[N+]([O-])=C/c1ccccc1. The number of hydroxylamine groups is 1. The maximum Gasteiger partial charge on any atom is 0.311 e. The van der Waals surface area contributed by atoms with E-state index in [1.165, 1.54) is 13.3 Å². The Hall–Kier alpha value is -1.84. The highest BCUT2D eigenvalue weighted by Gasteiger charge is 2.03. The number of hydrogen-bond acceptors (Lipinski definition) is 3. The van der Waals surface area contributed by atoms with Gasteiger partial charge in [0.25, 0.3) is 0 Å². The molecule has 0 saturated heterocycles.